The molecule has 4 rings (SSSR count). The molecule has 0 radical (unpaired) electrons. The molecule has 0 aromatic carbocycles. The molecule has 0 aromatic heterocycles. The second-order valence-corrected chi connectivity index (χ2v) is 6.20. The van der Waals surface area contributed by atoms with E-state index in [2.05, 4.69) is 5.32 Å². The van der Waals surface area contributed by atoms with Crippen LogP contribution >= 0.6 is 0 Å². The Bertz CT molecular complexity index is 244. The van der Waals surface area contributed by atoms with Gasteiger partial charge in [-0.05, 0) is 55.8 Å². The maximum atomic E-state index is 10.9. The summed E-state index contributed by atoms with van der Waals surface area (Å²) in [6.07, 6.45) is 6.39. The highest BCUT2D eigenvalue weighted by Gasteiger charge is 2.56. The third-order valence-electron chi connectivity index (χ3n) is 5.25. The monoisotopic (exact) mass is 260 g/mol. The zero-order chi connectivity index (χ0) is 11.2. The van der Waals surface area contributed by atoms with Crippen molar-refractivity contribution in [1.29, 1.82) is 0 Å². The van der Waals surface area contributed by atoms with Crippen molar-refractivity contribution in [2.45, 2.75) is 37.7 Å². The van der Waals surface area contributed by atoms with Crippen molar-refractivity contribution in [2.24, 2.45) is 23.7 Å². The average Bonchev–Trinajstić information content (AvgIpc) is 2.25. The molecule has 4 heteroatoms. The van der Waals surface area contributed by atoms with Crippen LogP contribution in [0.15, 0.2) is 0 Å². The van der Waals surface area contributed by atoms with E-state index >= 15 is 0 Å². The quantitative estimate of drug-likeness (QED) is 0.501. The van der Waals surface area contributed by atoms with Gasteiger partial charge in [0.2, 0.25) is 0 Å². The van der Waals surface area contributed by atoms with Crippen LogP contribution in [0.5, 0.6) is 0 Å². The second kappa shape index (κ2) is 5.04. The van der Waals surface area contributed by atoms with Crippen LogP contribution in [-0.4, -0.2) is 35.5 Å². The minimum atomic E-state index is -0.470. The van der Waals surface area contributed by atoms with E-state index in [0.717, 1.165) is 11.8 Å². The van der Waals surface area contributed by atoms with Crippen LogP contribution in [0.1, 0.15) is 32.1 Å². The molecule has 0 aromatic rings. The summed E-state index contributed by atoms with van der Waals surface area (Å²) < 4.78 is 0. The first-order valence-electron chi connectivity index (χ1n) is 6.76. The van der Waals surface area contributed by atoms with Gasteiger partial charge in [0.25, 0.3) is 0 Å². The summed E-state index contributed by atoms with van der Waals surface area (Å²) in [5, 5.41) is 22.9. The molecule has 3 N–H and O–H groups in total. The Morgan fingerprint density at radius 2 is 1.53 bits per heavy atom. The van der Waals surface area contributed by atoms with Crippen LogP contribution < -0.4 is 17.7 Å². The SMILES string of the molecule is OCCNCC1(O)C2CC3CC(C2)CC1C3.[Cl-]. The lowest BCUT2D eigenvalue weighted by atomic mass is 9.50. The van der Waals surface area contributed by atoms with E-state index < -0.39 is 5.60 Å². The first kappa shape index (κ1) is 13.6. The lowest BCUT2D eigenvalue weighted by molar-refractivity contribution is -0.169. The van der Waals surface area contributed by atoms with Gasteiger partial charge in [0.15, 0.2) is 0 Å². The van der Waals surface area contributed by atoms with Gasteiger partial charge in [-0.2, -0.15) is 0 Å². The Hall–Kier alpha value is 0.170. The molecule has 4 aliphatic carbocycles. The molecule has 0 saturated heterocycles. The van der Waals surface area contributed by atoms with E-state index in [4.69, 9.17) is 5.11 Å². The fourth-order valence-corrected chi connectivity index (χ4v) is 4.66. The summed E-state index contributed by atoms with van der Waals surface area (Å²) in [5.41, 5.74) is -0.470. The van der Waals surface area contributed by atoms with Crippen molar-refractivity contribution in [2.75, 3.05) is 19.7 Å². The van der Waals surface area contributed by atoms with Gasteiger partial charge in [-0.15, -0.1) is 0 Å². The molecule has 0 heterocycles. The number of halogens is 1. The molecule has 0 atom stereocenters. The molecule has 0 aliphatic heterocycles. The zero-order valence-electron chi connectivity index (χ0n) is 10.2. The summed E-state index contributed by atoms with van der Waals surface area (Å²) in [7, 11) is 0. The number of hydrogen-bond donors (Lipinski definition) is 3. The number of aliphatic hydroxyl groups excluding tert-OH is 1. The normalized spacial score (nSPS) is 46.9. The molecular formula is C13H23ClNO2-. The highest BCUT2D eigenvalue weighted by molar-refractivity contribution is 5.07. The summed E-state index contributed by atoms with van der Waals surface area (Å²) >= 11 is 0. The van der Waals surface area contributed by atoms with E-state index in [1.165, 1.54) is 32.1 Å². The van der Waals surface area contributed by atoms with Crippen LogP contribution in [0, 0.1) is 23.7 Å². The van der Waals surface area contributed by atoms with Crippen LogP contribution in [0.25, 0.3) is 0 Å². The van der Waals surface area contributed by atoms with Crippen molar-refractivity contribution < 1.29 is 22.6 Å². The van der Waals surface area contributed by atoms with Gasteiger partial charge in [-0.1, -0.05) is 0 Å². The minimum Gasteiger partial charge on any atom is -1.00 e. The van der Waals surface area contributed by atoms with E-state index in [0.29, 0.717) is 24.9 Å². The Morgan fingerprint density at radius 3 is 2.00 bits per heavy atom. The molecule has 4 saturated carbocycles. The van der Waals surface area contributed by atoms with Gasteiger partial charge in [0.05, 0.1) is 12.2 Å². The van der Waals surface area contributed by atoms with E-state index in [-0.39, 0.29) is 19.0 Å². The van der Waals surface area contributed by atoms with Crippen LogP contribution in [-0.2, 0) is 0 Å². The summed E-state index contributed by atoms with van der Waals surface area (Å²) in [6.45, 7) is 1.45. The van der Waals surface area contributed by atoms with Crippen molar-refractivity contribution in [1.82, 2.24) is 5.32 Å². The van der Waals surface area contributed by atoms with Gasteiger partial charge < -0.3 is 27.9 Å². The molecule has 0 unspecified atom stereocenters. The third kappa shape index (κ3) is 2.23. The van der Waals surface area contributed by atoms with Crippen molar-refractivity contribution in [3.63, 3.8) is 0 Å². The lowest BCUT2D eigenvalue weighted by Crippen LogP contribution is -3.00. The van der Waals surface area contributed by atoms with Gasteiger partial charge >= 0.3 is 0 Å². The highest BCUT2D eigenvalue weighted by atomic mass is 35.5. The average molecular weight is 261 g/mol. The van der Waals surface area contributed by atoms with Crippen molar-refractivity contribution in [3.05, 3.63) is 0 Å². The molecule has 4 fully saturated rings. The maximum Gasteiger partial charge on any atom is 0.0827 e. The number of aliphatic hydroxyl groups is 2. The summed E-state index contributed by atoms with van der Waals surface area (Å²) in [5.74, 6) is 2.85. The van der Waals surface area contributed by atoms with E-state index in [1.807, 2.05) is 0 Å². The molecule has 4 aliphatic rings. The smallest absolute Gasteiger partial charge is 0.0827 e. The van der Waals surface area contributed by atoms with Gasteiger partial charge in [0, 0.05) is 13.1 Å². The maximum absolute atomic E-state index is 10.9. The molecule has 0 amide bonds. The van der Waals surface area contributed by atoms with Crippen molar-refractivity contribution in [3.8, 4) is 0 Å². The summed E-state index contributed by atoms with van der Waals surface area (Å²) in [4.78, 5) is 0. The van der Waals surface area contributed by atoms with Crippen molar-refractivity contribution >= 4 is 0 Å². The van der Waals surface area contributed by atoms with Crippen LogP contribution in [0.2, 0.25) is 0 Å². The predicted octanol–water partition coefficient (Wildman–Crippen LogP) is -2.24. The number of rotatable bonds is 4. The first-order valence-corrected chi connectivity index (χ1v) is 6.76. The zero-order valence-corrected chi connectivity index (χ0v) is 11.0. The van der Waals surface area contributed by atoms with Gasteiger partial charge in [-0.3, -0.25) is 0 Å². The Balaban J connectivity index is 0.00000108. The Labute approximate surface area is 109 Å². The Morgan fingerprint density at radius 1 is 1.00 bits per heavy atom. The lowest BCUT2D eigenvalue weighted by Gasteiger charge is -2.59. The fourth-order valence-electron chi connectivity index (χ4n) is 4.66. The molecule has 100 valence electrons. The standard InChI is InChI=1S/C13H23NO2.ClH/c15-2-1-14-8-13(16)11-4-9-3-10(6-11)7-12(13)5-9;/h9-12,14-16H,1-8H2;1H/p-1. The van der Waals surface area contributed by atoms with Crippen LogP contribution in [0.4, 0.5) is 0 Å². The number of hydrogen-bond acceptors (Lipinski definition) is 3. The molecule has 17 heavy (non-hydrogen) atoms. The highest BCUT2D eigenvalue weighted by Crippen LogP contribution is 2.57. The third-order valence-corrected chi connectivity index (χ3v) is 5.25. The predicted molar refractivity (Wildman–Crippen MR) is 62.0 cm³/mol. The number of nitrogens with one attached hydrogen (secondary N) is 1. The fraction of sp³-hybridized carbons (Fsp3) is 1.00. The second-order valence-electron chi connectivity index (χ2n) is 6.20. The molecular weight excluding hydrogens is 238 g/mol. The first-order chi connectivity index (χ1) is 7.72. The van der Waals surface area contributed by atoms with Gasteiger partial charge in [0.1, 0.15) is 0 Å². The van der Waals surface area contributed by atoms with Gasteiger partial charge in [-0.25, -0.2) is 0 Å². The molecule has 4 bridgehead atoms. The van der Waals surface area contributed by atoms with E-state index in [9.17, 15) is 5.11 Å². The molecule has 3 nitrogen and oxygen atoms in total. The summed E-state index contributed by atoms with van der Waals surface area (Å²) in [6, 6.07) is 0. The minimum absolute atomic E-state index is 0. The van der Waals surface area contributed by atoms with E-state index in [1.54, 1.807) is 0 Å². The Kier molecular flexibility index (Phi) is 4.03. The topological polar surface area (TPSA) is 52.5 Å². The van der Waals surface area contributed by atoms with Crippen LogP contribution in [0.3, 0.4) is 0 Å². The largest absolute Gasteiger partial charge is 1.00 e. The molecule has 0 spiro atoms.